The Kier molecular flexibility index (Phi) is 5.19. The number of piperidine rings is 1. The summed E-state index contributed by atoms with van der Waals surface area (Å²) < 4.78 is 5.41. The third kappa shape index (κ3) is 4.34. The third-order valence-electron chi connectivity index (χ3n) is 4.10. The Morgan fingerprint density at radius 1 is 1.26 bits per heavy atom. The van der Waals surface area contributed by atoms with Gasteiger partial charge in [0.05, 0.1) is 0 Å². The van der Waals surface area contributed by atoms with Crippen LogP contribution < -0.4 is 0 Å². The minimum absolute atomic E-state index is 0.0830. The van der Waals surface area contributed by atoms with Gasteiger partial charge >= 0.3 is 5.97 Å². The zero-order valence-corrected chi connectivity index (χ0v) is 13.3. The molecule has 0 spiro atoms. The summed E-state index contributed by atoms with van der Waals surface area (Å²) in [7, 11) is 0. The lowest BCUT2D eigenvalue weighted by atomic mass is 9.79. The molecule has 0 radical (unpaired) electrons. The molecule has 19 heavy (non-hydrogen) atoms. The molecule has 0 aliphatic carbocycles. The summed E-state index contributed by atoms with van der Waals surface area (Å²) in [6.07, 6.45) is 6.77. The second-order valence-corrected chi connectivity index (χ2v) is 6.84. The lowest BCUT2D eigenvalue weighted by Gasteiger charge is -2.53. The molecule has 1 atom stereocenters. The summed E-state index contributed by atoms with van der Waals surface area (Å²) in [6, 6.07) is 0. The van der Waals surface area contributed by atoms with Gasteiger partial charge < -0.3 is 4.74 Å². The number of nitrogens with zero attached hydrogens (tertiary/aromatic N) is 1. The van der Waals surface area contributed by atoms with Gasteiger partial charge in [0.1, 0.15) is 6.10 Å². The average molecular weight is 267 g/mol. The summed E-state index contributed by atoms with van der Waals surface area (Å²) in [4.78, 5) is 14.0. The molecule has 3 heteroatoms. The fourth-order valence-electron chi connectivity index (χ4n) is 3.21. The van der Waals surface area contributed by atoms with E-state index in [1.807, 2.05) is 13.8 Å². The van der Waals surface area contributed by atoms with Crippen LogP contribution in [-0.4, -0.2) is 34.6 Å². The first-order valence-electron chi connectivity index (χ1n) is 7.30. The van der Waals surface area contributed by atoms with E-state index in [9.17, 15) is 4.79 Å². The summed E-state index contributed by atoms with van der Waals surface area (Å²) in [6.45, 7) is 13.7. The van der Waals surface area contributed by atoms with Crippen LogP contribution in [0.15, 0.2) is 12.2 Å². The van der Waals surface area contributed by atoms with E-state index in [1.165, 1.54) is 25.3 Å². The van der Waals surface area contributed by atoms with Crippen molar-refractivity contribution in [1.82, 2.24) is 4.90 Å². The predicted octanol–water partition coefficient (Wildman–Crippen LogP) is 3.54. The van der Waals surface area contributed by atoms with Crippen LogP contribution in [0.25, 0.3) is 0 Å². The van der Waals surface area contributed by atoms with Crippen molar-refractivity contribution in [3.8, 4) is 0 Å². The number of rotatable bonds is 4. The van der Waals surface area contributed by atoms with Crippen LogP contribution in [0, 0.1) is 0 Å². The molecule has 1 saturated heterocycles. The maximum atomic E-state index is 11.5. The summed E-state index contributed by atoms with van der Waals surface area (Å²) in [5.41, 5.74) is 0.339. The van der Waals surface area contributed by atoms with Crippen molar-refractivity contribution in [3.63, 3.8) is 0 Å². The molecule has 1 aliphatic rings. The molecule has 0 aromatic carbocycles. The standard InChI is InChI=1S/C16H29NO2/c1-7-9-14(18)19-13(2)12-17-15(3,4)10-8-11-16(17,5)6/h7,9,13H,8,10-12H2,1-6H3. The fraction of sp³-hybridized carbons (Fsp3) is 0.812. The first kappa shape index (κ1) is 16.2. The van der Waals surface area contributed by atoms with Crippen molar-refractivity contribution in [2.75, 3.05) is 6.54 Å². The summed E-state index contributed by atoms with van der Waals surface area (Å²) in [5.74, 6) is -0.248. The van der Waals surface area contributed by atoms with Crippen LogP contribution >= 0.6 is 0 Å². The van der Waals surface area contributed by atoms with E-state index in [2.05, 4.69) is 32.6 Å². The topological polar surface area (TPSA) is 29.5 Å². The van der Waals surface area contributed by atoms with E-state index in [0.717, 1.165) is 6.54 Å². The van der Waals surface area contributed by atoms with Crippen LogP contribution in [0.1, 0.15) is 60.8 Å². The number of ether oxygens (including phenoxy) is 1. The molecule has 0 N–H and O–H groups in total. The van der Waals surface area contributed by atoms with E-state index in [1.54, 1.807) is 6.08 Å². The van der Waals surface area contributed by atoms with E-state index in [0.29, 0.717) is 0 Å². The molecule has 1 rings (SSSR count). The van der Waals surface area contributed by atoms with E-state index in [-0.39, 0.29) is 23.2 Å². The van der Waals surface area contributed by atoms with Crippen molar-refractivity contribution >= 4 is 5.97 Å². The Morgan fingerprint density at radius 2 is 1.79 bits per heavy atom. The van der Waals surface area contributed by atoms with Crippen LogP contribution in [0.3, 0.4) is 0 Å². The molecule has 1 heterocycles. The number of hydrogen-bond acceptors (Lipinski definition) is 3. The van der Waals surface area contributed by atoms with Crippen LogP contribution in [0.4, 0.5) is 0 Å². The second kappa shape index (κ2) is 6.08. The molecule has 0 aromatic heterocycles. The van der Waals surface area contributed by atoms with Crippen LogP contribution in [0.2, 0.25) is 0 Å². The Morgan fingerprint density at radius 3 is 2.26 bits per heavy atom. The monoisotopic (exact) mass is 267 g/mol. The second-order valence-electron chi connectivity index (χ2n) is 6.84. The van der Waals surface area contributed by atoms with Gasteiger partial charge in [-0.1, -0.05) is 6.08 Å². The Balaban J connectivity index is 2.69. The maximum Gasteiger partial charge on any atom is 0.330 e. The molecule has 1 fully saturated rings. The Labute approximate surface area is 118 Å². The van der Waals surface area contributed by atoms with Gasteiger partial charge in [0.2, 0.25) is 0 Å². The number of esters is 1. The fourth-order valence-corrected chi connectivity index (χ4v) is 3.21. The van der Waals surface area contributed by atoms with E-state index < -0.39 is 0 Å². The van der Waals surface area contributed by atoms with Gasteiger partial charge in [-0.15, -0.1) is 0 Å². The van der Waals surface area contributed by atoms with Crippen molar-refractivity contribution in [2.45, 2.75) is 78.0 Å². The highest BCUT2D eigenvalue weighted by Crippen LogP contribution is 2.38. The number of allylic oxidation sites excluding steroid dienone is 1. The molecule has 0 amide bonds. The van der Waals surface area contributed by atoms with E-state index in [4.69, 9.17) is 4.74 Å². The molecule has 1 unspecified atom stereocenters. The van der Waals surface area contributed by atoms with Crippen molar-refractivity contribution in [3.05, 3.63) is 12.2 Å². The van der Waals surface area contributed by atoms with Gasteiger partial charge in [-0.25, -0.2) is 4.79 Å². The highest BCUT2D eigenvalue weighted by Gasteiger charge is 2.41. The van der Waals surface area contributed by atoms with Crippen molar-refractivity contribution < 1.29 is 9.53 Å². The van der Waals surface area contributed by atoms with Gasteiger partial charge in [-0.3, -0.25) is 4.90 Å². The molecule has 3 nitrogen and oxygen atoms in total. The first-order valence-corrected chi connectivity index (χ1v) is 7.30. The number of hydrogen-bond donors (Lipinski definition) is 0. The van der Waals surface area contributed by atoms with Crippen molar-refractivity contribution in [1.29, 1.82) is 0 Å². The maximum absolute atomic E-state index is 11.5. The smallest absolute Gasteiger partial charge is 0.330 e. The average Bonchev–Trinajstić information content (AvgIpc) is 2.23. The quantitative estimate of drug-likeness (QED) is 0.576. The van der Waals surface area contributed by atoms with E-state index >= 15 is 0 Å². The Bertz CT molecular complexity index is 329. The first-order chi connectivity index (χ1) is 8.69. The zero-order chi connectivity index (χ0) is 14.7. The molecule has 110 valence electrons. The van der Waals surface area contributed by atoms with Gasteiger partial charge in [0.15, 0.2) is 0 Å². The highest BCUT2D eigenvalue weighted by atomic mass is 16.5. The number of likely N-dealkylation sites (tertiary alicyclic amines) is 1. The molecular weight excluding hydrogens is 238 g/mol. The Hall–Kier alpha value is -0.830. The van der Waals surface area contributed by atoms with Crippen LogP contribution in [-0.2, 0) is 9.53 Å². The molecule has 0 saturated carbocycles. The highest BCUT2D eigenvalue weighted by molar-refractivity contribution is 5.81. The molecule has 1 aliphatic heterocycles. The zero-order valence-electron chi connectivity index (χ0n) is 13.3. The predicted molar refractivity (Wildman–Crippen MR) is 79.1 cm³/mol. The number of carbonyl (C=O) groups excluding carboxylic acids is 1. The van der Waals surface area contributed by atoms with Gasteiger partial charge in [-0.2, -0.15) is 0 Å². The van der Waals surface area contributed by atoms with Crippen LogP contribution in [0.5, 0.6) is 0 Å². The number of carbonyl (C=O) groups is 1. The normalized spacial score (nSPS) is 24.3. The van der Waals surface area contributed by atoms with Gasteiger partial charge in [0.25, 0.3) is 0 Å². The largest absolute Gasteiger partial charge is 0.458 e. The SMILES string of the molecule is CC=CC(=O)OC(C)CN1C(C)(C)CCCC1(C)C. The molecular formula is C16H29NO2. The summed E-state index contributed by atoms with van der Waals surface area (Å²) >= 11 is 0. The molecule has 0 bridgehead atoms. The summed E-state index contributed by atoms with van der Waals surface area (Å²) in [5, 5.41) is 0. The lowest BCUT2D eigenvalue weighted by Crippen LogP contribution is -2.60. The minimum Gasteiger partial charge on any atom is -0.458 e. The van der Waals surface area contributed by atoms with Crippen molar-refractivity contribution in [2.24, 2.45) is 0 Å². The lowest BCUT2D eigenvalue weighted by molar-refractivity contribution is -0.146. The van der Waals surface area contributed by atoms with Gasteiger partial charge in [0, 0.05) is 23.7 Å². The minimum atomic E-state index is -0.248. The molecule has 0 aromatic rings. The van der Waals surface area contributed by atoms with Gasteiger partial charge in [-0.05, 0) is 60.8 Å². The third-order valence-corrected chi connectivity index (χ3v) is 4.10.